The Morgan fingerprint density at radius 3 is 3.00 bits per heavy atom. The van der Waals surface area contributed by atoms with Gasteiger partial charge in [0.2, 0.25) is 5.91 Å². The fraction of sp³-hybridized carbons (Fsp3) is 0.583. The summed E-state index contributed by atoms with van der Waals surface area (Å²) in [5.41, 5.74) is 5.94. The second-order valence-electron chi connectivity index (χ2n) is 4.35. The van der Waals surface area contributed by atoms with Gasteiger partial charge in [-0.2, -0.15) is 0 Å². The van der Waals surface area contributed by atoms with Crippen LogP contribution >= 0.6 is 0 Å². The molecule has 1 aliphatic carbocycles. The van der Waals surface area contributed by atoms with Crippen molar-refractivity contribution in [3.8, 4) is 0 Å². The van der Waals surface area contributed by atoms with E-state index >= 15 is 0 Å². The number of carbonyl (C=O) groups excluding carboxylic acids is 1. The van der Waals surface area contributed by atoms with Crippen molar-refractivity contribution in [3.63, 3.8) is 0 Å². The maximum Gasteiger partial charge on any atom is 0.225 e. The van der Waals surface area contributed by atoms with Gasteiger partial charge in [0.15, 0.2) is 0 Å². The van der Waals surface area contributed by atoms with Crippen molar-refractivity contribution >= 4 is 5.91 Å². The average molecular weight is 222 g/mol. The predicted octanol–water partition coefficient (Wildman–Crippen LogP) is 1.41. The van der Waals surface area contributed by atoms with Crippen molar-refractivity contribution in [1.82, 2.24) is 5.32 Å². The second-order valence-corrected chi connectivity index (χ2v) is 4.35. The highest BCUT2D eigenvalue weighted by Crippen LogP contribution is 2.23. The van der Waals surface area contributed by atoms with Crippen LogP contribution < -0.4 is 11.1 Å². The SMILES string of the molecule is NC1CCCCC1C(=O)NCc1ccco1. The quantitative estimate of drug-likeness (QED) is 0.812. The third kappa shape index (κ3) is 2.64. The van der Waals surface area contributed by atoms with Crippen LogP contribution in [-0.2, 0) is 11.3 Å². The van der Waals surface area contributed by atoms with Crippen LogP contribution in [-0.4, -0.2) is 11.9 Å². The maximum atomic E-state index is 11.9. The largest absolute Gasteiger partial charge is 0.467 e. The van der Waals surface area contributed by atoms with E-state index in [1.54, 1.807) is 6.26 Å². The van der Waals surface area contributed by atoms with Crippen LogP contribution in [0.3, 0.4) is 0 Å². The van der Waals surface area contributed by atoms with Gasteiger partial charge in [0.05, 0.1) is 18.7 Å². The minimum atomic E-state index is -0.0243. The summed E-state index contributed by atoms with van der Waals surface area (Å²) in [4.78, 5) is 11.9. The summed E-state index contributed by atoms with van der Waals surface area (Å²) in [5, 5.41) is 2.87. The molecule has 2 rings (SSSR count). The molecular weight excluding hydrogens is 204 g/mol. The molecule has 1 saturated carbocycles. The van der Waals surface area contributed by atoms with E-state index in [0.717, 1.165) is 31.4 Å². The number of nitrogens with two attached hydrogens (primary N) is 1. The van der Waals surface area contributed by atoms with Gasteiger partial charge in [0, 0.05) is 6.04 Å². The Balaban J connectivity index is 1.83. The first-order chi connectivity index (χ1) is 7.77. The second kappa shape index (κ2) is 5.16. The summed E-state index contributed by atoms with van der Waals surface area (Å²) >= 11 is 0. The topological polar surface area (TPSA) is 68.3 Å². The van der Waals surface area contributed by atoms with Gasteiger partial charge in [-0.25, -0.2) is 0 Å². The molecule has 3 N–H and O–H groups in total. The third-order valence-electron chi connectivity index (χ3n) is 3.17. The van der Waals surface area contributed by atoms with Gasteiger partial charge in [-0.05, 0) is 25.0 Å². The zero-order valence-electron chi connectivity index (χ0n) is 9.32. The molecule has 0 radical (unpaired) electrons. The van der Waals surface area contributed by atoms with Crippen molar-refractivity contribution < 1.29 is 9.21 Å². The van der Waals surface area contributed by atoms with Gasteiger partial charge < -0.3 is 15.5 Å². The van der Waals surface area contributed by atoms with Crippen LogP contribution in [0.5, 0.6) is 0 Å². The lowest BCUT2D eigenvalue weighted by atomic mass is 9.84. The van der Waals surface area contributed by atoms with Gasteiger partial charge >= 0.3 is 0 Å². The van der Waals surface area contributed by atoms with Crippen molar-refractivity contribution in [2.24, 2.45) is 11.7 Å². The summed E-state index contributed by atoms with van der Waals surface area (Å²) < 4.78 is 5.15. The number of amides is 1. The van der Waals surface area contributed by atoms with Gasteiger partial charge in [-0.3, -0.25) is 4.79 Å². The normalized spacial score (nSPS) is 25.3. The molecule has 4 nitrogen and oxygen atoms in total. The van der Waals surface area contributed by atoms with E-state index in [1.165, 1.54) is 0 Å². The van der Waals surface area contributed by atoms with Gasteiger partial charge in [-0.15, -0.1) is 0 Å². The first-order valence-corrected chi connectivity index (χ1v) is 5.83. The number of hydrogen-bond acceptors (Lipinski definition) is 3. The monoisotopic (exact) mass is 222 g/mol. The number of furan rings is 1. The van der Waals surface area contributed by atoms with Crippen LogP contribution in [0, 0.1) is 5.92 Å². The zero-order chi connectivity index (χ0) is 11.4. The predicted molar refractivity (Wildman–Crippen MR) is 60.5 cm³/mol. The lowest BCUT2D eigenvalue weighted by Crippen LogP contribution is -2.43. The Morgan fingerprint density at radius 1 is 1.50 bits per heavy atom. The molecule has 1 aromatic rings. The minimum absolute atomic E-state index is 0.0188. The molecule has 1 amide bonds. The Labute approximate surface area is 95.2 Å². The number of carbonyl (C=O) groups is 1. The van der Waals surface area contributed by atoms with E-state index in [-0.39, 0.29) is 17.9 Å². The first kappa shape index (κ1) is 11.2. The van der Waals surface area contributed by atoms with Gasteiger partial charge in [0.1, 0.15) is 5.76 Å². The molecule has 1 fully saturated rings. The molecule has 16 heavy (non-hydrogen) atoms. The highest BCUT2D eigenvalue weighted by molar-refractivity contribution is 5.79. The molecular formula is C12H18N2O2. The standard InChI is InChI=1S/C12H18N2O2/c13-11-6-2-1-5-10(11)12(15)14-8-9-4-3-7-16-9/h3-4,7,10-11H,1-2,5-6,8,13H2,(H,14,15). The highest BCUT2D eigenvalue weighted by atomic mass is 16.3. The molecule has 1 aromatic heterocycles. The number of nitrogens with one attached hydrogen (secondary N) is 1. The van der Waals surface area contributed by atoms with Crippen LogP contribution in [0.25, 0.3) is 0 Å². The molecule has 0 aromatic carbocycles. The Morgan fingerprint density at radius 2 is 2.31 bits per heavy atom. The van der Waals surface area contributed by atoms with Crippen LogP contribution in [0.1, 0.15) is 31.4 Å². The van der Waals surface area contributed by atoms with Crippen molar-refractivity contribution in [2.75, 3.05) is 0 Å². The van der Waals surface area contributed by atoms with E-state index < -0.39 is 0 Å². The van der Waals surface area contributed by atoms with E-state index in [1.807, 2.05) is 12.1 Å². The molecule has 0 bridgehead atoms. The Hall–Kier alpha value is -1.29. The third-order valence-corrected chi connectivity index (χ3v) is 3.17. The summed E-state index contributed by atoms with van der Waals surface area (Å²) in [6, 6.07) is 3.68. The van der Waals surface area contributed by atoms with Crippen molar-refractivity contribution in [3.05, 3.63) is 24.2 Å². The Kier molecular flexibility index (Phi) is 3.62. The molecule has 1 heterocycles. The van der Waals surface area contributed by atoms with E-state index in [2.05, 4.69) is 5.32 Å². The van der Waals surface area contributed by atoms with E-state index in [4.69, 9.17) is 10.2 Å². The molecule has 2 atom stereocenters. The summed E-state index contributed by atoms with van der Waals surface area (Å²) in [5.74, 6) is 0.810. The van der Waals surface area contributed by atoms with Crippen molar-refractivity contribution in [2.45, 2.75) is 38.3 Å². The van der Waals surface area contributed by atoms with Crippen LogP contribution in [0.15, 0.2) is 22.8 Å². The molecule has 88 valence electrons. The summed E-state index contributed by atoms with van der Waals surface area (Å²) in [6.07, 6.45) is 5.72. The van der Waals surface area contributed by atoms with Crippen LogP contribution in [0.4, 0.5) is 0 Å². The molecule has 2 unspecified atom stereocenters. The number of hydrogen-bond donors (Lipinski definition) is 2. The first-order valence-electron chi connectivity index (χ1n) is 5.83. The zero-order valence-corrected chi connectivity index (χ0v) is 9.32. The Bertz CT molecular complexity index is 335. The van der Waals surface area contributed by atoms with E-state index in [9.17, 15) is 4.79 Å². The molecule has 0 aliphatic heterocycles. The lowest BCUT2D eigenvalue weighted by Gasteiger charge is -2.27. The lowest BCUT2D eigenvalue weighted by molar-refractivity contribution is -0.126. The molecule has 0 saturated heterocycles. The maximum absolute atomic E-state index is 11.9. The fourth-order valence-electron chi connectivity index (χ4n) is 2.20. The van der Waals surface area contributed by atoms with Crippen molar-refractivity contribution in [1.29, 1.82) is 0 Å². The van der Waals surface area contributed by atoms with Gasteiger partial charge in [-0.1, -0.05) is 12.8 Å². The average Bonchev–Trinajstić information content (AvgIpc) is 2.79. The summed E-state index contributed by atoms with van der Waals surface area (Å²) in [6.45, 7) is 0.453. The highest BCUT2D eigenvalue weighted by Gasteiger charge is 2.27. The molecule has 0 spiro atoms. The minimum Gasteiger partial charge on any atom is -0.467 e. The smallest absolute Gasteiger partial charge is 0.225 e. The molecule has 1 aliphatic rings. The van der Waals surface area contributed by atoms with Gasteiger partial charge in [0.25, 0.3) is 0 Å². The molecule has 4 heteroatoms. The summed E-state index contributed by atoms with van der Waals surface area (Å²) in [7, 11) is 0. The fourth-order valence-corrected chi connectivity index (χ4v) is 2.20. The number of rotatable bonds is 3. The van der Waals surface area contributed by atoms with E-state index in [0.29, 0.717) is 6.54 Å². The van der Waals surface area contributed by atoms with Crippen LogP contribution in [0.2, 0.25) is 0 Å².